The zero-order chi connectivity index (χ0) is 9.14. The Hall–Kier alpha value is 0.130. The van der Waals surface area contributed by atoms with E-state index in [-0.39, 0.29) is 0 Å². The average Bonchev–Trinajstić information content (AvgIpc) is 2.08. The summed E-state index contributed by atoms with van der Waals surface area (Å²) in [5, 5.41) is 0. The van der Waals surface area contributed by atoms with Gasteiger partial charge in [0.2, 0.25) is 0 Å². The van der Waals surface area contributed by atoms with Gasteiger partial charge in [-0.1, -0.05) is 35.0 Å². The van der Waals surface area contributed by atoms with Crippen LogP contribution in [0, 0.1) is 6.92 Å². The smallest absolute Gasteiger partial charge is 0.0207 e. The van der Waals surface area contributed by atoms with E-state index >= 15 is 0 Å². The number of halogens is 1. The summed E-state index contributed by atoms with van der Waals surface area (Å²) in [4.78, 5) is 0. The monoisotopic (exact) mass is 244 g/mol. The molecule has 2 atom stereocenters. The molecule has 2 heteroatoms. The van der Waals surface area contributed by atoms with Gasteiger partial charge in [0.15, 0.2) is 0 Å². The summed E-state index contributed by atoms with van der Waals surface area (Å²) in [5.41, 5.74) is 2.71. The third-order valence-corrected chi connectivity index (χ3v) is 3.68. The molecular weight excluding hydrogens is 231 g/mol. The fourth-order valence-electron chi connectivity index (χ4n) is 1.05. The first kappa shape index (κ1) is 10.2. The molecule has 0 amide bonds. The highest BCUT2D eigenvalue weighted by atomic mass is 79.9. The molecule has 0 fully saturated rings. The van der Waals surface area contributed by atoms with Crippen LogP contribution in [0.15, 0.2) is 22.7 Å². The molecule has 0 saturated carbocycles. The third-order valence-electron chi connectivity index (χ3n) is 2.12. The van der Waals surface area contributed by atoms with Crippen LogP contribution >= 0.6 is 25.2 Å². The van der Waals surface area contributed by atoms with E-state index in [9.17, 15) is 0 Å². The molecule has 2 unspecified atom stereocenters. The lowest BCUT2D eigenvalue weighted by Crippen LogP contribution is -1.94. The molecule has 12 heavy (non-hydrogen) atoms. The quantitative estimate of drug-likeness (QED) is 0.696. The van der Waals surface area contributed by atoms with Crippen LogP contribution in [0.25, 0.3) is 0 Å². The summed E-state index contributed by atoms with van der Waals surface area (Å²) in [5.74, 6) is 0.631. The molecule has 0 nitrogen and oxygen atoms in total. The van der Waals surface area contributed by atoms with Crippen molar-refractivity contribution >= 4 is 25.2 Å². The van der Waals surface area contributed by atoms with Gasteiger partial charge < -0.3 is 0 Å². The highest BCUT2D eigenvalue weighted by Crippen LogP contribution is 2.23. The van der Waals surface area contributed by atoms with Crippen LogP contribution in [-0.2, 0) is 0 Å². The first-order chi connectivity index (χ1) is 5.65. The van der Waals surface area contributed by atoms with E-state index in [0.717, 1.165) is 6.16 Å². The van der Waals surface area contributed by atoms with Gasteiger partial charge in [-0.25, -0.2) is 0 Å². The standard InChI is InChI=1S/C10H14BrP/c1-7-3-4-9(5-10(7)11)8(2)6-12/h3-5,8H,6,12H2,1-2H3. The fourth-order valence-corrected chi connectivity index (χ4v) is 1.72. The molecule has 1 aromatic carbocycles. The Labute approximate surface area is 85.1 Å². The van der Waals surface area contributed by atoms with Crippen LogP contribution in [-0.4, -0.2) is 6.16 Å². The zero-order valence-corrected chi connectivity index (χ0v) is 10.2. The Kier molecular flexibility index (Phi) is 3.74. The molecule has 0 radical (unpaired) electrons. The van der Waals surface area contributed by atoms with Gasteiger partial charge in [-0.2, -0.15) is 0 Å². The van der Waals surface area contributed by atoms with Gasteiger partial charge in [0.1, 0.15) is 0 Å². The molecule has 0 saturated heterocycles. The normalized spacial score (nSPS) is 13.0. The summed E-state index contributed by atoms with van der Waals surface area (Å²) in [6.45, 7) is 4.35. The molecule has 0 spiro atoms. The summed E-state index contributed by atoms with van der Waals surface area (Å²) >= 11 is 3.54. The Balaban J connectivity index is 2.96. The van der Waals surface area contributed by atoms with E-state index in [0.29, 0.717) is 5.92 Å². The first-order valence-corrected chi connectivity index (χ1v) is 5.72. The second-order valence-electron chi connectivity index (χ2n) is 3.15. The summed E-state index contributed by atoms with van der Waals surface area (Å²) in [6, 6.07) is 6.58. The molecule has 0 aliphatic heterocycles. The van der Waals surface area contributed by atoms with Gasteiger partial charge in [-0.05, 0) is 36.2 Å². The second-order valence-corrected chi connectivity index (χ2v) is 4.47. The van der Waals surface area contributed by atoms with E-state index < -0.39 is 0 Å². The zero-order valence-electron chi connectivity index (χ0n) is 7.47. The lowest BCUT2D eigenvalue weighted by Gasteiger charge is -2.09. The molecule has 0 aromatic heterocycles. The van der Waals surface area contributed by atoms with Crippen molar-refractivity contribution in [2.45, 2.75) is 19.8 Å². The number of benzene rings is 1. The van der Waals surface area contributed by atoms with Crippen LogP contribution < -0.4 is 0 Å². The van der Waals surface area contributed by atoms with E-state index in [4.69, 9.17) is 0 Å². The maximum absolute atomic E-state index is 3.54. The molecule has 0 aliphatic carbocycles. The summed E-state index contributed by atoms with van der Waals surface area (Å²) in [6.07, 6.45) is 1.12. The van der Waals surface area contributed by atoms with Crippen molar-refractivity contribution < 1.29 is 0 Å². The highest BCUT2D eigenvalue weighted by molar-refractivity contribution is 9.10. The predicted octanol–water partition coefficient (Wildman–Crippen LogP) is 3.74. The maximum Gasteiger partial charge on any atom is 0.0207 e. The van der Waals surface area contributed by atoms with Gasteiger partial charge in [-0.3, -0.25) is 0 Å². The van der Waals surface area contributed by atoms with Crippen molar-refractivity contribution in [3.63, 3.8) is 0 Å². The van der Waals surface area contributed by atoms with Crippen molar-refractivity contribution in [3.8, 4) is 0 Å². The number of hydrogen-bond donors (Lipinski definition) is 0. The van der Waals surface area contributed by atoms with Gasteiger partial charge in [0.25, 0.3) is 0 Å². The first-order valence-electron chi connectivity index (χ1n) is 4.11. The largest absolute Gasteiger partial charge is 0.137 e. The van der Waals surface area contributed by atoms with Gasteiger partial charge in [-0.15, -0.1) is 9.24 Å². The lowest BCUT2D eigenvalue weighted by atomic mass is 10.0. The number of aryl methyl sites for hydroxylation is 1. The molecule has 66 valence electrons. The molecule has 1 aromatic rings. The fraction of sp³-hybridized carbons (Fsp3) is 0.400. The summed E-state index contributed by atoms with van der Waals surface area (Å²) in [7, 11) is 2.78. The van der Waals surface area contributed by atoms with Crippen LogP contribution in [0.5, 0.6) is 0 Å². The lowest BCUT2D eigenvalue weighted by molar-refractivity contribution is 0.879. The minimum absolute atomic E-state index is 0.631. The average molecular weight is 245 g/mol. The van der Waals surface area contributed by atoms with Gasteiger partial charge in [0, 0.05) is 4.47 Å². The predicted molar refractivity (Wildman–Crippen MR) is 61.9 cm³/mol. The Bertz CT molecular complexity index is 271. The van der Waals surface area contributed by atoms with E-state index in [2.05, 4.69) is 57.2 Å². The summed E-state index contributed by atoms with van der Waals surface area (Å²) < 4.78 is 1.21. The van der Waals surface area contributed by atoms with Crippen LogP contribution in [0.1, 0.15) is 24.0 Å². The van der Waals surface area contributed by atoms with Crippen LogP contribution in [0.3, 0.4) is 0 Å². The molecule has 1 rings (SSSR count). The minimum atomic E-state index is 0.631. The number of hydrogen-bond acceptors (Lipinski definition) is 0. The van der Waals surface area contributed by atoms with Crippen molar-refractivity contribution in [2.24, 2.45) is 0 Å². The topological polar surface area (TPSA) is 0 Å². The van der Waals surface area contributed by atoms with E-state index in [1.54, 1.807) is 0 Å². The molecule has 0 aliphatic rings. The van der Waals surface area contributed by atoms with E-state index in [1.807, 2.05) is 0 Å². The molecule has 0 N–H and O–H groups in total. The minimum Gasteiger partial charge on any atom is -0.137 e. The van der Waals surface area contributed by atoms with Crippen molar-refractivity contribution in [2.75, 3.05) is 6.16 Å². The van der Waals surface area contributed by atoms with Crippen molar-refractivity contribution in [1.29, 1.82) is 0 Å². The number of rotatable bonds is 2. The Morgan fingerprint density at radius 2 is 2.17 bits per heavy atom. The van der Waals surface area contributed by atoms with Crippen molar-refractivity contribution in [3.05, 3.63) is 33.8 Å². The Morgan fingerprint density at radius 3 is 2.67 bits per heavy atom. The highest BCUT2D eigenvalue weighted by Gasteiger charge is 2.03. The Morgan fingerprint density at radius 1 is 1.50 bits per heavy atom. The molecule has 0 heterocycles. The van der Waals surface area contributed by atoms with Gasteiger partial charge in [0.05, 0.1) is 0 Å². The molecule has 0 bridgehead atoms. The van der Waals surface area contributed by atoms with E-state index in [1.165, 1.54) is 15.6 Å². The second kappa shape index (κ2) is 4.39. The third kappa shape index (κ3) is 2.31. The molecular formula is C10H14BrP. The van der Waals surface area contributed by atoms with Crippen LogP contribution in [0.2, 0.25) is 0 Å². The SMILES string of the molecule is Cc1ccc(C(C)CP)cc1Br. The van der Waals surface area contributed by atoms with Crippen molar-refractivity contribution in [1.82, 2.24) is 0 Å². The maximum atomic E-state index is 3.54. The van der Waals surface area contributed by atoms with Gasteiger partial charge >= 0.3 is 0 Å². The van der Waals surface area contributed by atoms with Crippen LogP contribution in [0.4, 0.5) is 0 Å².